The highest BCUT2D eigenvalue weighted by Crippen LogP contribution is 1.94. The summed E-state index contributed by atoms with van der Waals surface area (Å²) < 4.78 is 0. The molecule has 0 bridgehead atoms. The Labute approximate surface area is 47.5 Å². The molecule has 6 heavy (non-hydrogen) atoms. The Morgan fingerprint density at radius 1 is 1.67 bits per heavy atom. The standard InChI is InChI=1S/C3H8OS2/c4-3-6-2-1-5/h4-5H,1-3H2. The number of thiol groups is 1. The summed E-state index contributed by atoms with van der Waals surface area (Å²) in [6.07, 6.45) is 0. The van der Waals surface area contributed by atoms with Crippen molar-refractivity contribution >= 4 is 24.4 Å². The molecule has 0 aliphatic carbocycles. The van der Waals surface area contributed by atoms with Crippen LogP contribution >= 0.6 is 24.4 Å². The fourth-order valence-electron chi connectivity index (χ4n) is 0.129. The maximum Gasteiger partial charge on any atom is 0.0886 e. The first-order valence-corrected chi connectivity index (χ1v) is 3.50. The molecule has 0 fully saturated rings. The SMILES string of the molecule is OCSCCS. The van der Waals surface area contributed by atoms with Crippen molar-refractivity contribution in [3.8, 4) is 0 Å². The normalized spacial score (nSPS) is 9.00. The molecule has 0 heterocycles. The summed E-state index contributed by atoms with van der Waals surface area (Å²) in [7, 11) is 0. The lowest BCUT2D eigenvalue weighted by molar-refractivity contribution is 0.375. The largest absolute Gasteiger partial charge is 0.386 e. The van der Waals surface area contributed by atoms with E-state index in [1.54, 1.807) is 0 Å². The van der Waals surface area contributed by atoms with E-state index in [0.717, 1.165) is 11.5 Å². The highest BCUT2D eigenvalue weighted by Gasteiger charge is 1.76. The van der Waals surface area contributed by atoms with Crippen LogP contribution in [0.15, 0.2) is 0 Å². The molecular formula is C3H8OS2. The quantitative estimate of drug-likeness (QED) is 0.326. The molecule has 0 aromatic carbocycles. The smallest absolute Gasteiger partial charge is 0.0886 e. The van der Waals surface area contributed by atoms with Crippen LogP contribution in [-0.4, -0.2) is 22.6 Å². The van der Waals surface area contributed by atoms with Crippen LogP contribution in [0.2, 0.25) is 0 Å². The molecule has 0 rings (SSSR count). The Hall–Kier alpha value is 0.660. The van der Waals surface area contributed by atoms with Gasteiger partial charge in [-0.15, -0.1) is 11.8 Å². The molecular weight excluding hydrogens is 116 g/mol. The van der Waals surface area contributed by atoms with Crippen molar-refractivity contribution in [1.82, 2.24) is 0 Å². The summed E-state index contributed by atoms with van der Waals surface area (Å²) in [5.74, 6) is 2.02. The van der Waals surface area contributed by atoms with Gasteiger partial charge in [-0.3, -0.25) is 0 Å². The summed E-state index contributed by atoms with van der Waals surface area (Å²) in [5.41, 5.74) is 0. The first-order valence-electron chi connectivity index (χ1n) is 1.71. The molecule has 0 atom stereocenters. The van der Waals surface area contributed by atoms with Gasteiger partial charge in [0.05, 0.1) is 5.94 Å². The van der Waals surface area contributed by atoms with E-state index in [1.807, 2.05) is 0 Å². The zero-order valence-corrected chi connectivity index (χ0v) is 5.13. The molecule has 0 saturated heterocycles. The molecule has 1 N–H and O–H groups in total. The predicted molar refractivity (Wildman–Crippen MR) is 33.4 cm³/mol. The highest BCUT2D eigenvalue weighted by atomic mass is 32.2. The fraction of sp³-hybridized carbons (Fsp3) is 1.00. The van der Waals surface area contributed by atoms with E-state index in [-0.39, 0.29) is 5.94 Å². The molecule has 0 saturated carbocycles. The first-order chi connectivity index (χ1) is 2.91. The van der Waals surface area contributed by atoms with Crippen LogP contribution in [0.5, 0.6) is 0 Å². The fourth-order valence-corrected chi connectivity index (χ4v) is 0.775. The summed E-state index contributed by atoms with van der Waals surface area (Å²) in [6.45, 7) is 0. The Morgan fingerprint density at radius 2 is 2.33 bits per heavy atom. The number of hydrogen-bond donors (Lipinski definition) is 2. The zero-order chi connectivity index (χ0) is 4.83. The van der Waals surface area contributed by atoms with Gasteiger partial charge < -0.3 is 5.11 Å². The van der Waals surface area contributed by atoms with Gasteiger partial charge in [-0.2, -0.15) is 12.6 Å². The van der Waals surface area contributed by atoms with Crippen molar-refractivity contribution < 1.29 is 5.11 Å². The van der Waals surface area contributed by atoms with Crippen molar-refractivity contribution in [2.75, 3.05) is 17.4 Å². The van der Waals surface area contributed by atoms with Gasteiger partial charge in [0.25, 0.3) is 0 Å². The molecule has 38 valence electrons. The second-order valence-corrected chi connectivity index (χ2v) is 2.28. The Kier molecular flexibility index (Phi) is 6.28. The molecule has 0 spiro atoms. The van der Waals surface area contributed by atoms with E-state index in [0.29, 0.717) is 0 Å². The van der Waals surface area contributed by atoms with E-state index in [4.69, 9.17) is 5.11 Å². The summed E-state index contributed by atoms with van der Waals surface area (Å²) in [5, 5.41) is 8.13. The number of thioether (sulfide) groups is 1. The molecule has 3 heteroatoms. The van der Waals surface area contributed by atoms with Crippen LogP contribution in [-0.2, 0) is 0 Å². The third-order valence-corrected chi connectivity index (χ3v) is 1.53. The summed E-state index contributed by atoms with van der Waals surface area (Å²) >= 11 is 5.41. The van der Waals surface area contributed by atoms with Gasteiger partial charge in [0.2, 0.25) is 0 Å². The molecule has 0 radical (unpaired) electrons. The van der Waals surface area contributed by atoms with Crippen LogP contribution in [0.25, 0.3) is 0 Å². The lowest BCUT2D eigenvalue weighted by atomic mass is 11.0. The van der Waals surface area contributed by atoms with Crippen LogP contribution in [0.3, 0.4) is 0 Å². The highest BCUT2D eigenvalue weighted by molar-refractivity contribution is 7.99. The van der Waals surface area contributed by atoms with E-state index in [9.17, 15) is 0 Å². The van der Waals surface area contributed by atoms with Crippen LogP contribution < -0.4 is 0 Å². The van der Waals surface area contributed by atoms with Gasteiger partial charge in [0, 0.05) is 5.75 Å². The molecule has 0 aliphatic rings. The van der Waals surface area contributed by atoms with Crippen molar-refractivity contribution in [1.29, 1.82) is 0 Å². The minimum atomic E-state index is 0.223. The van der Waals surface area contributed by atoms with E-state index >= 15 is 0 Å². The third-order valence-electron chi connectivity index (χ3n) is 0.327. The molecule has 0 amide bonds. The minimum absolute atomic E-state index is 0.223. The molecule has 1 nitrogen and oxygen atoms in total. The summed E-state index contributed by atoms with van der Waals surface area (Å²) in [6, 6.07) is 0. The van der Waals surface area contributed by atoms with E-state index in [2.05, 4.69) is 12.6 Å². The van der Waals surface area contributed by atoms with Gasteiger partial charge in [-0.1, -0.05) is 0 Å². The maximum atomic E-state index is 8.13. The molecule has 0 aliphatic heterocycles. The number of aliphatic hydroxyl groups is 1. The van der Waals surface area contributed by atoms with Gasteiger partial charge in [-0.25, -0.2) is 0 Å². The number of rotatable bonds is 3. The van der Waals surface area contributed by atoms with Gasteiger partial charge >= 0.3 is 0 Å². The van der Waals surface area contributed by atoms with Crippen molar-refractivity contribution in [3.63, 3.8) is 0 Å². The van der Waals surface area contributed by atoms with E-state index < -0.39 is 0 Å². The number of aliphatic hydroxyl groups excluding tert-OH is 1. The summed E-state index contributed by atoms with van der Waals surface area (Å²) in [4.78, 5) is 0. The maximum absolute atomic E-state index is 8.13. The third kappa shape index (κ3) is 4.66. The van der Waals surface area contributed by atoms with Crippen molar-refractivity contribution in [2.24, 2.45) is 0 Å². The molecule has 0 aromatic rings. The lowest BCUT2D eigenvalue weighted by Gasteiger charge is -1.86. The van der Waals surface area contributed by atoms with E-state index in [1.165, 1.54) is 11.8 Å². The minimum Gasteiger partial charge on any atom is -0.386 e. The van der Waals surface area contributed by atoms with Gasteiger partial charge in [0.1, 0.15) is 0 Å². The van der Waals surface area contributed by atoms with Crippen LogP contribution in [0.1, 0.15) is 0 Å². The molecule has 0 unspecified atom stereocenters. The van der Waals surface area contributed by atoms with Gasteiger partial charge in [-0.05, 0) is 5.75 Å². The van der Waals surface area contributed by atoms with Gasteiger partial charge in [0.15, 0.2) is 0 Å². The zero-order valence-electron chi connectivity index (χ0n) is 3.42. The van der Waals surface area contributed by atoms with Crippen LogP contribution in [0.4, 0.5) is 0 Å². The average molecular weight is 124 g/mol. The predicted octanol–water partition coefficient (Wildman–Crippen LogP) is 0.599. The Bertz CT molecular complexity index is 20.8. The van der Waals surface area contributed by atoms with Crippen LogP contribution in [0, 0.1) is 0 Å². The number of hydrogen-bond acceptors (Lipinski definition) is 3. The van der Waals surface area contributed by atoms with Crippen molar-refractivity contribution in [2.45, 2.75) is 0 Å². The Morgan fingerprint density at radius 3 is 2.50 bits per heavy atom. The Balaban J connectivity index is 2.34. The lowest BCUT2D eigenvalue weighted by Crippen LogP contribution is -1.79. The topological polar surface area (TPSA) is 20.2 Å². The second-order valence-electron chi connectivity index (χ2n) is 0.761. The first kappa shape index (κ1) is 6.66. The monoisotopic (exact) mass is 124 g/mol. The molecule has 0 aromatic heterocycles. The second kappa shape index (κ2) is 5.66. The average Bonchev–Trinajstić information content (AvgIpc) is 1.61. The van der Waals surface area contributed by atoms with Crippen molar-refractivity contribution in [3.05, 3.63) is 0 Å².